The van der Waals surface area contributed by atoms with E-state index < -0.39 is 17.9 Å². The van der Waals surface area contributed by atoms with Gasteiger partial charge in [0.25, 0.3) is 5.91 Å². The molecule has 3 rings (SSSR count). The lowest BCUT2D eigenvalue weighted by Crippen LogP contribution is -2.42. The normalized spacial score (nSPS) is 14.8. The molecule has 26 heavy (non-hydrogen) atoms. The van der Waals surface area contributed by atoms with Gasteiger partial charge in [0.2, 0.25) is 0 Å². The predicted octanol–water partition coefficient (Wildman–Crippen LogP) is 3.36. The third kappa shape index (κ3) is 4.17. The summed E-state index contributed by atoms with van der Waals surface area (Å²) in [7, 11) is 0. The van der Waals surface area contributed by atoms with Crippen molar-refractivity contribution in [2.45, 2.75) is 26.0 Å². The molecule has 2 aromatic rings. The van der Waals surface area contributed by atoms with E-state index in [2.05, 4.69) is 6.07 Å². The molecule has 1 aliphatic heterocycles. The summed E-state index contributed by atoms with van der Waals surface area (Å²) in [6.45, 7) is 2.67. The van der Waals surface area contributed by atoms with Gasteiger partial charge in [-0.2, -0.15) is 0 Å². The fraction of sp³-hybridized carbons (Fsp3) is 0.238. The van der Waals surface area contributed by atoms with E-state index in [9.17, 15) is 14.0 Å². The fourth-order valence-corrected chi connectivity index (χ4v) is 2.97. The summed E-state index contributed by atoms with van der Waals surface area (Å²) in [5.74, 6) is -1.33. The van der Waals surface area contributed by atoms with Gasteiger partial charge >= 0.3 is 5.97 Å². The molecule has 134 valence electrons. The maximum absolute atomic E-state index is 13.5. The number of carbonyl (C=O) groups excluding carboxylic acids is 2. The average molecular weight is 353 g/mol. The summed E-state index contributed by atoms with van der Waals surface area (Å²) in [5, 5.41) is 0. The van der Waals surface area contributed by atoms with Crippen LogP contribution in [0.2, 0.25) is 0 Å². The second-order valence-electron chi connectivity index (χ2n) is 6.21. The van der Waals surface area contributed by atoms with Crippen LogP contribution in [-0.4, -0.2) is 29.4 Å². The van der Waals surface area contributed by atoms with Crippen molar-refractivity contribution in [2.75, 3.05) is 6.54 Å². The van der Waals surface area contributed by atoms with Crippen LogP contribution >= 0.6 is 0 Å². The van der Waals surface area contributed by atoms with Crippen molar-refractivity contribution in [3.05, 3.63) is 77.1 Å². The van der Waals surface area contributed by atoms with E-state index in [0.717, 1.165) is 18.1 Å². The topological polar surface area (TPSA) is 46.6 Å². The second-order valence-corrected chi connectivity index (χ2v) is 6.21. The molecule has 1 aliphatic rings. The summed E-state index contributed by atoms with van der Waals surface area (Å²) in [5.41, 5.74) is 2.65. The van der Waals surface area contributed by atoms with E-state index >= 15 is 0 Å². The first-order chi connectivity index (χ1) is 12.5. The van der Waals surface area contributed by atoms with E-state index in [1.54, 1.807) is 30.0 Å². The standard InChI is InChI=1S/C21H20FNO3/c1-15(26-20(24)11-10-17-7-4-5-9-19(17)22)21(25)23-13-12-16-6-2-3-8-18(16)14-23/h2-11,15H,12-14H2,1H3/b11-10+. The Kier molecular flexibility index (Phi) is 5.46. The molecule has 0 saturated carbocycles. The van der Waals surface area contributed by atoms with E-state index in [1.165, 1.54) is 17.7 Å². The van der Waals surface area contributed by atoms with Gasteiger partial charge in [-0.25, -0.2) is 9.18 Å². The van der Waals surface area contributed by atoms with Crippen molar-refractivity contribution in [2.24, 2.45) is 0 Å². The summed E-state index contributed by atoms with van der Waals surface area (Å²) < 4.78 is 18.7. The fourth-order valence-electron chi connectivity index (χ4n) is 2.97. The summed E-state index contributed by atoms with van der Waals surface area (Å²) in [6, 6.07) is 14.1. The Morgan fingerprint density at radius 1 is 1.12 bits per heavy atom. The van der Waals surface area contributed by atoms with Crippen molar-refractivity contribution in [3.8, 4) is 0 Å². The molecule has 1 amide bonds. The third-order valence-corrected chi connectivity index (χ3v) is 4.39. The Morgan fingerprint density at radius 2 is 1.81 bits per heavy atom. The van der Waals surface area contributed by atoms with Crippen LogP contribution in [-0.2, 0) is 27.3 Å². The van der Waals surface area contributed by atoms with Gasteiger partial charge in [0, 0.05) is 24.7 Å². The van der Waals surface area contributed by atoms with Crippen molar-refractivity contribution < 1.29 is 18.7 Å². The van der Waals surface area contributed by atoms with Gasteiger partial charge in [0.05, 0.1) is 0 Å². The van der Waals surface area contributed by atoms with Gasteiger partial charge in [-0.1, -0.05) is 42.5 Å². The monoisotopic (exact) mass is 353 g/mol. The lowest BCUT2D eigenvalue weighted by Gasteiger charge is -2.30. The lowest BCUT2D eigenvalue weighted by atomic mass is 9.99. The Morgan fingerprint density at radius 3 is 2.58 bits per heavy atom. The van der Waals surface area contributed by atoms with E-state index in [0.29, 0.717) is 13.1 Å². The van der Waals surface area contributed by atoms with Gasteiger partial charge in [0.15, 0.2) is 6.10 Å². The minimum Gasteiger partial charge on any atom is -0.449 e. The summed E-state index contributed by atoms with van der Waals surface area (Å²) in [6.07, 6.45) is 2.37. The highest BCUT2D eigenvalue weighted by molar-refractivity contribution is 5.90. The Labute approximate surface area is 151 Å². The molecular formula is C21H20FNO3. The molecule has 1 atom stereocenters. The first kappa shape index (κ1) is 17.9. The highest BCUT2D eigenvalue weighted by atomic mass is 19.1. The quantitative estimate of drug-likeness (QED) is 0.625. The van der Waals surface area contributed by atoms with Gasteiger partial charge in [-0.05, 0) is 36.6 Å². The smallest absolute Gasteiger partial charge is 0.331 e. The van der Waals surface area contributed by atoms with Crippen molar-refractivity contribution in [1.29, 1.82) is 0 Å². The van der Waals surface area contributed by atoms with E-state index in [-0.39, 0.29) is 11.5 Å². The van der Waals surface area contributed by atoms with Crippen LogP contribution in [0.5, 0.6) is 0 Å². The van der Waals surface area contributed by atoms with Crippen molar-refractivity contribution >= 4 is 18.0 Å². The minimum absolute atomic E-state index is 0.229. The molecule has 0 radical (unpaired) electrons. The highest BCUT2D eigenvalue weighted by Crippen LogP contribution is 2.19. The number of ether oxygens (including phenoxy) is 1. The number of halogens is 1. The maximum atomic E-state index is 13.5. The highest BCUT2D eigenvalue weighted by Gasteiger charge is 2.26. The molecule has 0 saturated heterocycles. The number of amides is 1. The predicted molar refractivity (Wildman–Crippen MR) is 96.6 cm³/mol. The number of benzene rings is 2. The summed E-state index contributed by atoms with van der Waals surface area (Å²) >= 11 is 0. The first-order valence-corrected chi connectivity index (χ1v) is 8.53. The van der Waals surface area contributed by atoms with Crippen LogP contribution in [0.3, 0.4) is 0 Å². The van der Waals surface area contributed by atoms with Gasteiger partial charge in [0.1, 0.15) is 5.82 Å². The molecule has 0 fully saturated rings. The number of nitrogens with zero attached hydrogens (tertiary/aromatic N) is 1. The number of hydrogen-bond donors (Lipinski definition) is 0. The molecule has 0 N–H and O–H groups in total. The molecule has 0 spiro atoms. The second kappa shape index (κ2) is 7.95. The SMILES string of the molecule is CC(OC(=O)/C=C/c1ccccc1F)C(=O)N1CCc2ccccc2C1. The van der Waals surface area contributed by atoms with E-state index in [4.69, 9.17) is 4.74 Å². The Balaban J connectivity index is 1.58. The zero-order valence-corrected chi connectivity index (χ0v) is 14.5. The zero-order chi connectivity index (χ0) is 18.5. The maximum Gasteiger partial charge on any atom is 0.331 e. The third-order valence-electron chi connectivity index (χ3n) is 4.39. The van der Waals surface area contributed by atoms with Gasteiger partial charge in [-0.15, -0.1) is 0 Å². The van der Waals surface area contributed by atoms with Crippen LogP contribution in [0.25, 0.3) is 6.08 Å². The average Bonchev–Trinajstić information content (AvgIpc) is 2.66. The number of carbonyl (C=O) groups is 2. The van der Waals surface area contributed by atoms with Crippen molar-refractivity contribution in [1.82, 2.24) is 4.90 Å². The molecule has 0 bridgehead atoms. The number of fused-ring (bicyclic) bond motifs is 1. The Bertz CT molecular complexity index is 847. The zero-order valence-electron chi connectivity index (χ0n) is 14.5. The molecule has 0 aromatic heterocycles. The Hall–Kier alpha value is -2.95. The molecule has 0 aliphatic carbocycles. The van der Waals surface area contributed by atoms with Crippen LogP contribution in [0, 0.1) is 5.82 Å². The molecule has 4 nitrogen and oxygen atoms in total. The summed E-state index contributed by atoms with van der Waals surface area (Å²) in [4.78, 5) is 26.2. The largest absolute Gasteiger partial charge is 0.449 e. The van der Waals surface area contributed by atoms with Crippen LogP contribution in [0.15, 0.2) is 54.6 Å². The minimum atomic E-state index is -0.891. The number of rotatable bonds is 4. The molecule has 5 heteroatoms. The van der Waals surface area contributed by atoms with Crippen LogP contribution in [0.4, 0.5) is 4.39 Å². The van der Waals surface area contributed by atoms with Gasteiger partial charge < -0.3 is 9.64 Å². The van der Waals surface area contributed by atoms with Gasteiger partial charge in [-0.3, -0.25) is 4.79 Å². The van der Waals surface area contributed by atoms with Crippen LogP contribution in [0.1, 0.15) is 23.6 Å². The molecule has 1 heterocycles. The first-order valence-electron chi connectivity index (χ1n) is 8.53. The van der Waals surface area contributed by atoms with Crippen LogP contribution < -0.4 is 0 Å². The lowest BCUT2D eigenvalue weighted by molar-refractivity contribution is -0.155. The van der Waals surface area contributed by atoms with Crippen molar-refractivity contribution in [3.63, 3.8) is 0 Å². The number of esters is 1. The molecular weight excluding hydrogens is 333 g/mol. The van der Waals surface area contributed by atoms with E-state index in [1.807, 2.05) is 18.2 Å². The molecule has 1 unspecified atom stereocenters. The number of hydrogen-bond acceptors (Lipinski definition) is 3. The molecule has 2 aromatic carbocycles.